The number of imidazole rings is 1. The van der Waals surface area contributed by atoms with Gasteiger partial charge < -0.3 is 19.5 Å². The van der Waals surface area contributed by atoms with Crippen LogP contribution in [0.4, 0.5) is 10.5 Å². The number of carbonyl (C=O) groups excluding carboxylic acids is 4. The van der Waals surface area contributed by atoms with E-state index in [4.69, 9.17) is 4.74 Å². The Morgan fingerprint density at radius 2 is 1.91 bits per heavy atom. The minimum absolute atomic E-state index is 0.0737. The number of rotatable bonds is 6. The van der Waals surface area contributed by atoms with Crippen molar-refractivity contribution in [3.05, 3.63) is 54.6 Å². The molecular formula is C32H40N6O7S. The third kappa shape index (κ3) is 6.67. The number of carbonyl (C=O) groups is 4. The quantitative estimate of drug-likeness (QED) is 0.401. The molecule has 0 bridgehead atoms. The summed E-state index contributed by atoms with van der Waals surface area (Å²) >= 11 is 0. The van der Waals surface area contributed by atoms with Crippen LogP contribution in [-0.4, -0.2) is 77.2 Å². The summed E-state index contributed by atoms with van der Waals surface area (Å²) in [6.07, 6.45) is 11.1. The predicted octanol–water partition coefficient (Wildman–Crippen LogP) is 2.81. The van der Waals surface area contributed by atoms with Crippen LogP contribution in [0.5, 0.6) is 0 Å². The number of nitrogens with zero attached hydrogens (tertiary/aromatic N) is 3. The number of anilines is 1. The van der Waals surface area contributed by atoms with Crippen LogP contribution in [-0.2, 0) is 29.1 Å². The molecule has 5 atom stereocenters. The minimum Gasteiger partial charge on any atom is -0.446 e. The van der Waals surface area contributed by atoms with E-state index < -0.39 is 56.7 Å². The summed E-state index contributed by atoms with van der Waals surface area (Å²) in [5, 5.41) is 5.06. The molecule has 4 aliphatic rings. The molecule has 2 aromatic rings. The van der Waals surface area contributed by atoms with E-state index >= 15 is 0 Å². The Hall–Kier alpha value is -4.20. The number of benzene rings is 1. The van der Waals surface area contributed by atoms with Gasteiger partial charge in [-0.2, -0.15) is 0 Å². The highest BCUT2D eigenvalue weighted by molar-refractivity contribution is 7.91. The second kappa shape index (κ2) is 12.5. The van der Waals surface area contributed by atoms with Crippen molar-refractivity contribution in [3.8, 4) is 5.69 Å². The fourth-order valence-corrected chi connectivity index (χ4v) is 7.92. The maximum atomic E-state index is 13.9. The molecule has 46 heavy (non-hydrogen) atoms. The van der Waals surface area contributed by atoms with E-state index in [2.05, 4.69) is 20.3 Å². The van der Waals surface area contributed by atoms with Gasteiger partial charge in [0.05, 0.1) is 34.8 Å². The van der Waals surface area contributed by atoms with E-state index in [1.807, 2.05) is 37.3 Å². The van der Waals surface area contributed by atoms with Crippen molar-refractivity contribution in [1.82, 2.24) is 24.5 Å². The number of hydrogen-bond acceptors (Lipinski definition) is 8. The van der Waals surface area contributed by atoms with Gasteiger partial charge in [0.25, 0.3) is 5.91 Å². The Kier molecular flexibility index (Phi) is 8.66. The molecule has 0 radical (unpaired) electrons. The normalized spacial score (nSPS) is 28.3. The first-order valence-corrected chi connectivity index (χ1v) is 17.4. The molecule has 0 spiro atoms. The molecule has 3 fully saturated rings. The summed E-state index contributed by atoms with van der Waals surface area (Å²) in [6.45, 7) is 2.42. The van der Waals surface area contributed by atoms with Crippen molar-refractivity contribution in [2.45, 2.75) is 75.2 Å². The van der Waals surface area contributed by atoms with Crippen molar-refractivity contribution < 1.29 is 32.3 Å². The van der Waals surface area contributed by atoms with Crippen molar-refractivity contribution in [3.63, 3.8) is 0 Å². The van der Waals surface area contributed by atoms with Crippen molar-refractivity contribution in [1.29, 1.82) is 0 Å². The molecule has 1 aromatic carbocycles. The summed E-state index contributed by atoms with van der Waals surface area (Å²) in [7, 11) is -2.13. The van der Waals surface area contributed by atoms with Gasteiger partial charge >= 0.3 is 6.09 Å². The molecule has 3 N–H and O–H groups in total. The van der Waals surface area contributed by atoms with Gasteiger partial charge in [0, 0.05) is 31.9 Å². The topological polar surface area (TPSA) is 169 Å². The average Bonchev–Trinajstić information content (AvgIpc) is 3.87. The minimum atomic E-state index is -3.83. The van der Waals surface area contributed by atoms with Gasteiger partial charge in [0.15, 0.2) is 0 Å². The molecule has 0 saturated heterocycles. The second-order valence-electron chi connectivity index (χ2n) is 13.0. The summed E-state index contributed by atoms with van der Waals surface area (Å²) in [5.74, 6) is -3.57. The van der Waals surface area contributed by atoms with Crippen LogP contribution in [0.15, 0.2) is 49.1 Å². The van der Waals surface area contributed by atoms with E-state index in [0.717, 1.165) is 24.8 Å². The monoisotopic (exact) mass is 652 g/mol. The van der Waals surface area contributed by atoms with Gasteiger partial charge in [0.2, 0.25) is 21.8 Å². The molecule has 3 aliphatic carbocycles. The smallest absolute Gasteiger partial charge is 0.411 e. The molecule has 6 rings (SSSR count). The SMILES string of the molecule is Cc1ccc(-n2ccnc2)c(NC(=O)O[C@@H]2C[C@H]3C(=O)N[C@]4(C(=O)NS(=O)(=O)C5CC5)C[C@H]4C=CCCCCN(C)C(=O)[C@@H]3C2)c1. The van der Waals surface area contributed by atoms with Crippen molar-refractivity contribution in [2.75, 3.05) is 18.9 Å². The van der Waals surface area contributed by atoms with Gasteiger partial charge in [0.1, 0.15) is 11.6 Å². The standard InChI is InChI=1S/C32H40N6O7S/c1-20-8-11-27(38-14-12-33-19-38)26(15-20)34-31(42)45-22-16-24-25(17-22)29(40)37(2)13-6-4-3-5-7-21-18-32(21,35-28(24)39)30(41)36-46(43,44)23-9-10-23/h5,7-8,11-12,14-15,19,21-25H,3-4,6,9-10,13,16-18H2,1-2H3,(H,34,42)(H,35,39)(H,36,41)/t21-,22-,24-,25-,32-/m1/s1. The highest BCUT2D eigenvalue weighted by Gasteiger charge is 2.62. The fourth-order valence-electron chi connectivity index (χ4n) is 6.56. The van der Waals surface area contributed by atoms with E-state index in [0.29, 0.717) is 30.8 Å². The van der Waals surface area contributed by atoms with Crippen LogP contribution in [0.2, 0.25) is 0 Å². The number of aryl methyl sites for hydroxylation is 1. The number of sulfonamides is 1. The molecule has 4 amide bonds. The van der Waals surface area contributed by atoms with Crippen molar-refractivity contribution in [2.24, 2.45) is 17.8 Å². The molecule has 1 aromatic heterocycles. The first-order valence-electron chi connectivity index (χ1n) is 15.8. The maximum absolute atomic E-state index is 13.9. The highest BCUT2D eigenvalue weighted by atomic mass is 32.2. The zero-order valence-corrected chi connectivity index (χ0v) is 26.8. The largest absolute Gasteiger partial charge is 0.446 e. The fraction of sp³-hybridized carbons (Fsp3) is 0.531. The lowest BCUT2D eigenvalue weighted by Gasteiger charge is -2.26. The molecule has 246 valence electrons. The molecular weight excluding hydrogens is 612 g/mol. The zero-order valence-electron chi connectivity index (χ0n) is 26.0. The first kappa shape index (κ1) is 31.8. The van der Waals surface area contributed by atoms with Crippen molar-refractivity contribution >= 4 is 39.5 Å². The van der Waals surface area contributed by atoms with Crippen LogP contribution in [0.3, 0.4) is 0 Å². The first-order chi connectivity index (χ1) is 22.0. The van der Waals surface area contributed by atoms with E-state index in [-0.39, 0.29) is 31.1 Å². The Bertz CT molecular complexity index is 1650. The number of nitrogens with one attached hydrogen (secondary N) is 3. The third-order valence-corrected chi connectivity index (χ3v) is 11.3. The van der Waals surface area contributed by atoms with Gasteiger partial charge in [-0.3, -0.25) is 24.4 Å². The Labute approximate surface area is 268 Å². The second-order valence-corrected chi connectivity index (χ2v) is 14.9. The lowest BCUT2D eigenvalue weighted by molar-refractivity contribution is -0.140. The zero-order chi connectivity index (χ0) is 32.6. The third-order valence-electron chi connectivity index (χ3n) is 9.44. The van der Waals surface area contributed by atoms with Gasteiger partial charge in [-0.25, -0.2) is 18.2 Å². The highest BCUT2D eigenvalue weighted by Crippen LogP contribution is 2.47. The van der Waals surface area contributed by atoms with Gasteiger partial charge in [-0.05, 0) is 76.0 Å². The lowest BCUT2D eigenvalue weighted by Crippen LogP contribution is -2.54. The van der Waals surface area contributed by atoms with Crippen LogP contribution in [0.1, 0.15) is 56.9 Å². The summed E-state index contributed by atoms with van der Waals surface area (Å²) in [6, 6.07) is 5.57. The Morgan fingerprint density at radius 1 is 1.13 bits per heavy atom. The number of ether oxygens (including phenoxy) is 1. The summed E-state index contributed by atoms with van der Waals surface area (Å²) in [5.41, 5.74) is 0.696. The van der Waals surface area contributed by atoms with E-state index in [1.165, 1.54) is 0 Å². The Balaban J connectivity index is 1.20. The molecule has 13 nitrogen and oxygen atoms in total. The number of amides is 4. The van der Waals surface area contributed by atoms with Crippen LogP contribution >= 0.6 is 0 Å². The summed E-state index contributed by atoms with van der Waals surface area (Å²) in [4.78, 5) is 59.9. The number of aromatic nitrogens is 2. The summed E-state index contributed by atoms with van der Waals surface area (Å²) < 4.78 is 35.0. The average molecular weight is 653 g/mol. The molecule has 3 saturated carbocycles. The van der Waals surface area contributed by atoms with Crippen LogP contribution in [0, 0.1) is 24.7 Å². The van der Waals surface area contributed by atoms with E-state index in [9.17, 15) is 27.6 Å². The van der Waals surface area contributed by atoms with Gasteiger partial charge in [-0.15, -0.1) is 0 Å². The predicted molar refractivity (Wildman–Crippen MR) is 168 cm³/mol. The molecule has 0 unspecified atom stereocenters. The number of allylic oxidation sites excluding steroid dienone is 1. The number of fused-ring (bicyclic) bond motifs is 2. The molecule has 14 heteroatoms. The number of hydrogen-bond donors (Lipinski definition) is 3. The van der Waals surface area contributed by atoms with Crippen LogP contribution in [0.25, 0.3) is 5.69 Å². The Morgan fingerprint density at radius 3 is 2.65 bits per heavy atom. The van der Waals surface area contributed by atoms with Gasteiger partial charge in [-0.1, -0.05) is 18.2 Å². The molecule has 1 aliphatic heterocycles. The lowest BCUT2D eigenvalue weighted by atomic mass is 9.93. The van der Waals surface area contributed by atoms with Crippen LogP contribution < -0.4 is 15.4 Å². The maximum Gasteiger partial charge on any atom is 0.411 e. The molecule has 2 heterocycles. The van der Waals surface area contributed by atoms with E-state index in [1.54, 1.807) is 35.2 Å².